The lowest BCUT2D eigenvalue weighted by molar-refractivity contribution is -0.143. The standard InChI is InChI=1S/C12H13BrN2O3/c13-8-4-3-6-14-10(8)11(16)15-7-2-1-5-9(15)12(17)18/h3-4,6,9H,1-2,5,7H2,(H,17,18)/t9-/m0/s1. The summed E-state index contributed by atoms with van der Waals surface area (Å²) >= 11 is 3.26. The van der Waals surface area contributed by atoms with Gasteiger partial charge in [0.15, 0.2) is 0 Å². The second-order valence-electron chi connectivity index (χ2n) is 4.18. The summed E-state index contributed by atoms with van der Waals surface area (Å²) in [7, 11) is 0. The van der Waals surface area contributed by atoms with E-state index in [0.717, 1.165) is 12.8 Å². The number of aromatic nitrogens is 1. The van der Waals surface area contributed by atoms with Gasteiger partial charge < -0.3 is 10.0 Å². The molecular weight excluding hydrogens is 300 g/mol. The Labute approximate surface area is 113 Å². The maximum Gasteiger partial charge on any atom is 0.326 e. The molecule has 0 spiro atoms. The number of carboxylic acid groups (broad SMARTS) is 1. The van der Waals surface area contributed by atoms with E-state index in [-0.39, 0.29) is 11.6 Å². The van der Waals surface area contributed by atoms with Crippen LogP contribution in [-0.2, 0) is 4.79 Å². The second-order valence-corrected chi connectivity index (χ2v) is 5.04. The monoisotopic (exact) mass is 312 g/mol. The molecule has 0 saturated carbocycles. The summed E-state index contributed by atoms with van der Waals surface area (Å²) in [4.78, 5) is 28.9. The van der Waals surface area contributed by atoms with E-state index in [0.29, 0.717) is 17.4 Å². The molecule has 6 heteroatoms. The van der Waals surface area contributed by atoms with Crippen molar-refractivity contribution in [1.29, 1.82) is 0 Å². The van der Waals surface area contributed by atoms with Gasteiger partial charge >= 0.3 is 5.97 Å². The van der Waals surface area contributed by atoms with Crippen LogP contribution >= 0.6 is 15.9 Å². The summed E-state index contributed by atoms with van der Waals surface area (Å²) < 4.78 is 0.588. The van der Waals surface area contributed by atoms with Crippen molar-refractivity contribution in [3.63, 3.8) is 0 Å². The van der Waals surface area contributed by atoms with Crippen LogP contribution in [0.4, 0.5) is 0 Å². The van der Waals surface area contributed by atoms with Gasteiger partial charge in [-0.1, -0.05) is 0 Å². The molecule has 1 aliphatic rings. The first-order chi connectivity index (χ1) is 8.61. The molecule has 1 aliphatic heterocycles. The van der Waals surface area contributed by atoms with E-state index in [9.17, 15) is 9.59 Å². The number of hydrogen-bond donors (Lipinski definition) is 1. The Balaban J connectivity index is 2.27. The molecule has 0 unspecified atom stereocenters. The smallest absolute Gasteiger partial charge is 0.326 e. The number of aliphatic carboxylic acids is 1. The molecule has 1 atom stereocenters. The van der Waals surface area contributed by atoms with Gasteiger partial charge in [-0.15, -0.1) is 0 Å². The summed E-state index contributed by atoms with van der Waals surface area (Å²) in [6, 6.07) is 2.70. The molecule has 18 heavy (non-hydrogen) atoms. The number of carbonyl (C=O) groups excluding carboxylic acids is 1. The van der Waals surface area contributed by atoms with E-state index in [1.54, 1.807) is 12.1 Å². The molecule has 1 amide bonds. The van der Waals surface area contributed by atoms with Crippen LogP contribution < -0.4 is 0 Å². The number of piperidine rings is 1. The molecule has 2 heterocycles. The Kier molecular flexibility index (Phi) is 3.96. The van der Waals surface area contributed by atoms with Crippen molar-refractivity contribution < 1.29 is 14.7 Å². The zero-order valence-electron chi connectivity index (χ0n) is 9.67. The number of halogens is 1. The van der Waals surface area contributed by atoms with Crippen LogP contribution in [0.1, 0.15) is 29.8 Å². The molecule has 0 bridgehead atoms. The number of likely N-dealkylation sites (tertiary alicyclic amines) is 1. The van der Waals surface area contributed by atoms with Gasteiger partial charge in [0.1, 0.15) is 11.7 Å². The van der Waals surface area contributed by atoms with E-state index in [4.69, 9.17) is 5.11 Å². The van der Waals surface area contributed by atoms with Gasteiger partial charge in [-0.2, -0.15) is 0 Å². The Bertz CT molecular complexity index is 478. The predicted octanol–water partition coefficient (Wildman–Crippen LogP) is 1.92. The van der Waals surface area contributed by atoms with Gasteiger partial charge in [-0.3, -0.25) is 4.79 Å². The largest absolute Gasteiger partial charge is 0.480 e. The average Bonchev–Trinajstić information content (AvgIpc) is 2.38. The maximum atomic E-state index is 12.3. The summed E-state index contributed by atoms with van der Waals surface area (Å²) in [6.07, 6.45) is 3.70. The highest BCUT2D eigenvalue weighted by Gasteiger charge is 2.33. The number of rotatable bonds is 2. The molecule has 0 aromatic carbocycles. The minimum absolute atomic E-state index is 0.269. The minimum Gasteiger partial charge on any atom is -0.480 e. The molecule has 1 aromatic rings. The summed E-state index contributed by atoms with van der Waals surface area (Å²) in [6.45, 7) is 0.471. The fraction of sp³-hybridized carbons (Fsp3) is 0.417. The quantitative estimate of drug-likeness (QED) is 0.905. The minimum atomic E-state index is -0.949. The fourth-order valence-electron chi connectivity index (χ4n) is 2.11. The Morgan fingerprint density at radius 2 is 2.22 bits per heavy atom. The van der Waals surface area contributed by atoms with Gasteiger partial charge in [0, 0.05) is 17.2 Å². The van der Waals surface area contributed by atoms with E-state index in [1.165, 1.54) is 11.1 Å². The van der Waals surface area contributed by atoms with Crippen LogP contribution in [0.15, 0.2) is 22.8 Å². The highest BCUT2D eigenvalue weighted by Crippen LogP contribution is 2.22. The van der Waals surface area contributed by atoms with Gasteiger partial charge in [0.2, 0.25) is 0 Å². The van der Waals surface area contributed by atoms with E-state index in [1.807, 2.05) is 0 Å². The van der Waals surface area contributed by atoms with Crippen LogP contribution in [0.25, 0.3) is 0 Å². The topological polar surface area (TPSA) is 70.5 Å². The predicted molar refractivity (Wildman–Crippen MR) is 68.2 cm³/mol. The first kappa shape index (κ1) is 13.0. The van der Waals surface area contributed by atoms with Gasteiger partial charge in [0.05, 0.1) is 0 Å². The van der Waals surface area contributed by atoms with Crippen molar-refractivity contribution in [2.24, 2.45) is 0 Å². The van der Waals surface area contributed by atoms with Crippen LogP contribution in [0.5, 0.6) is 0 Å². The van der Waals surface area contributed by atoms with Crippen LogP contribution in [0, 0.1) is 0 Å². The van der Waals surface area contributed by atoms with Crippen LogP contribution in [-0.4, -0.2) is 39.5 Å². The number of amides is 1. The van der Waals surface area contributed by atoms with E-state index in [2.05, 4.69) is 20.9 Å². The van der Waals surface area contributed by atoms with Crippen LogP contribution in [0.2, 0.25) is 0 Å². The molecule has 1 aromatic heterocycles. The fourth-order valence-corrected chi connectivity index (χ4v) is 2.54. The van der Waals surface area contributed by atoms with Gasteiger partial charge in [0.25, 0.3) is 5.91 Å². The number of hydrogen-bond acceptors (Lipinski definition) is 3. The van der Waals surface area contributed by atoms with Crippen molar-refractivity contribution >= 4 is 27.8 Å². The van der Waals surface area contributed by atoms with Crippen LogP contribution in [0.3, 0.4) is 0 Å². The maximum absolute atomic E-state index is 12.3. The van der Waals surface area contributed by atoms with Crippen molar-refractivity contribution in [2.45, 2.75) is 25.3 Å². The summed E-state index contributed by atoms with van der Waals surface area (Å²) in [5.41, 5.74) is 0.269. The summed E-state index contributed by atoms with van der Waals surface area (Å²) in [5.74, 6) is -1.27. The molecule has 0 radical (unpaired) electrons. The van der Waals surface area contributed by atoms with Gasteiger partial charge in [-0.25, -0.2) is 9.78 Å². The lowest BCUT2D eigenvalue weighted by Crippen LogP contribution is -2.48. The summed E-state index contributed by atoms with van der Waals surface area (Å²) in [5, 5.41) is 9.15. The molecule has 1 saturated heterocycles. The van der Waals surface area contributed by atoms with Gasteiger partial charge in [-0.05, 0) is 47.3 Å². The van der Waals surface area contributed by atoms with Crippen molar-refractivity contribution in [3.8, 4) is 0 Å². The van der Waals surface area contributed by atoms with Crippen molar-refractivity contribution in [2.75, 3.05) is 6.54 Å². The third-order valence-corrected chi connectivity index (χ3v) is 3.65. The SMILES string of the molecule is O=C(O)[C@@H]1CCCCN1C(=O)c1ncccc1Br. The highest BCUT2D eigenvalue weighted by atomic mass is 79.9. The molecule has 1 fully saturated rings. The third kappa shape index (κ3) is 2.53. The number of carboxylic acids is 1. The normalized spacial score (nSPS) is 19.6. The van der Waals surface area contributed by atoms with Crippen molar-refractivity contribution in [1.82, 2.24) is 9.88 Å². The molecule has 5 nitrogen and oxygen atoms in total. The molecule has 1 N–H and O–H groups in total. The number of pyridine rings is 1. The molecule has 2 rings (SSSR count). The molecular formula is C12H13BrN2O3. The zero-order chi connectivity index (χ0) is 13.1. The number of carbonyl (C=O) groups is 2. The zero-order valence-corrected chi connectivity index (χ0v) is 11.3. The second kappa shape index (κ2) is 5.48. The average molecular weight is 313 g/mol. The first-order valence-electron chi connectivity index (χ1n) is 5.75. The Morgan fingerprint density at radius 1 is 1.44 bits per heavy atom. The highest BCUT2D eigenvalue weighted by molar-refractivity contribution is 9.10. The lowest BCUT2D eigenvalue weighted by atomic mass is 10.0. The Hall–Kier alpha value is -1.43. The van der Waals surface area contributed by atoms with E-state index >= 15 is 0 Å². The first-order valence-corrected chi connectivity index (χ1v) is 6.55. The third-order valence-electron chi connectivity index (χ3n) is 3.01. The molecule has 96 valence electrons. The van der Waals surface area contributed by atoms with E-state index < -0.39 is 12.0 Å². The lowest BCUT2D eigenvalue weighted by Gasteiger charge is -2.32. The number of nitrogens with zero attached hydrogens (tertiary/aromatic N) is 2. The van der Waals surface area contributed by atoms with Crippen molar-refractivity contribution in [3.05, 3.63) is 28.5 Å². The Morgan fingerprint density at radius 3 is 2.89 bits per heavy atom. The molecule has 0 aliphatic carbocycles.